The summed E-state index contributed by atoms with van der Waals surface area (Å²) in [7, 11) is 0. The highest BCUT2D eigenvalue weighted by atomic mass is 15.4. The summed E-state index contributed by atoms with van der Waals surface area (Å²) in [6.45, 7) is 2.47. The van der Waals surface area contributed by atoms with E-state index >= 15 is 0 Å². The molecule has 14 heavy (non-hydrogen) atoms. The minimum absolute atomic E-state index is 0.422. The highest BCUT2D eigenvalue weighted by Crippen LogP contribution is 2.07. The van der Waals surface area contributed by atoms with Crippen LogP contribution >= 0.6 is 0 Å². The lowest BCUT2D eigenvalue weighted by atomic mass is 10.2. The van der Waals surface area contributed by atoms with Gasteiger partial charge in [-0.05, 0) is 19.1 Å². The fraction of sp³-hybridized carbons (Fsp3) is 0.200. The summed E-state index contributed by atoms with van der Waals surface area (Å²) in [4.78, 5) is 0. The third-order valence-electron chi connectivity index (χ3n) is 2.05. The summed E-state index contributed by atoms with van der Waals surface area (Å²) in [5.74, 6) is 0. The largest absolute Gasteiger partial charge is 0.325 e. The van der Waals surface area contributed by atoms with Gasteiger partial charge in [-0.2, -0.15) is 0 Å². The van der Waals surface area contributed by atoms with Crippen LogP contribution < -0.4 is 5.73 Å². The Morgan fingerprint density at radius 1 is 1.29 bits per heavy atom. The number of aromatic nitrogens is 3. The van der Waals surface area contributed by atoms with E-state index in [1.54, 1.807) is 4.68 Å². The second kappa shape index (κ2) is 3.59. The average Bonchev–Trinajstić information content (AvgIpc) is 2.67. The average molecular weight is 188 g/mol. The van der Waals surface area contributed by atoms with Crippen LogP contribution in [0.15, 0.2) is 30.5 Å². The molecule has 0 bridgehead atoms. The number of hydrogen-bond donors (Lipinski definition) is 1. The first-order valence-electron chi connectivity index (χ1n) is 4.48. The van der Waals surface area contributed by atoms with Gasteiger partial charge in [-0.25, -0.2) is 4.68 Å². The molecule has 1 aromatic carbocycles. The van der Waals surface area contributed by atoms with E-state index in [9.17, 15) is 0 Å². The fourth-order valence-electron chi connectivity index (χ4n) is 1.22. The molecule has 72 valence electrons. The summed E-state index contributed by atoms with van der Waals surface area (Å²) in [5, 5.41) is 7.90. The molecular weight excluding hydrogens is 176 g/mol. The van der Waals surface area contributed by atoms with Gasteiger partial charge in [0.25, 0.3) is 0 Å². The van der Waals surface area contributed by atoms with Crippen LogP contribution in [-0.4, -0.2) is 15.0 Å². The van der Waals surface area contributed by atoms with Crippen molar-refractivity contribution >= 4 is 0 Å². The maximum Gasteiger partial charge on any atom is 0.0967 e. The van der Waals surface area contributed by atoms with Crippen molar-refractivity contribution in [2.24, 2.45) is 5.73 Å². The first kappa shape index (κ1) is 8.90. The number of hydrogen-bond acceptors (Lipinski definition) is 3. The molecule has 0 amide bonds. The van der Waals surface area contributed by atoms with Gasteiger partial charge in [0.15, 0.2) is 0 Å². The van der Waals surface area contributed by atoms with Crippen LogP contribution in [0.1, 0.15) is 11.3 Å². The molecule has 0 saturated carbocycles. The summed E-state index contributed by atoms with van der Waals surface area (Å²) in [6, 6.07) is 8.09. The molecule has 1 aromatic heterocycles. The Kier molecular flexibility index (Phi) is 2.28. The Labute approximate surface area is 82.4 Å². The molecule has 4 nitrogen and oxygen atoms in total. The maximum atomic E-state index is 5.45. The summed E-state index contributed by atoms with van der Waals surface area (Å²) in [5.41, 5.74) is 8.48. The minimum Gasteiger partial charge on any atom is -0.325 e. The zero-order valence-electron chi connectivity index (χ0n) is 8.01. The highest BCUT2D eigenvalue weighted by molar-refractivity contribution is 5.33. The lowest BCUT2D eigenvalue weighted by molar-refractivity contribution is 0.796. The van der Waals surface area contributed by atoms with Gasteiger partial charge in [0.2, 0.25) is 0 Å². The molecular formula is C10H12N4. The van der Waals surface area contributed by atoms with Gasteiger partial charge in [-0.15, -0.1) is 5.10 Å². The molecule has 0 fully saturated rings. The molecule has 2 aromatic rings. The molecule has 0 unspecified atom stereocenters. The van der Waals surface area contributed by atoms with Crippen LogP contribution in [0.5, 0.6) is 0 Å². The first-order chi connectivity index (χ1) is 6.79. The molecule has 0 saturated heterocycles. The van der Waals surface area contributed by atoms with Gasteiger partial charge in [-0.3, -0.25) is 0 Å². The Morgan fingerprint density at radius 3 is 2.57 bits per heavy atom. The molecule has 0 spiro atoms. The van der Waals surface area contributed by atoms with E-state index in [-0.39, 0.29) is 0 Å². The number of benzene rings is 1. The van der Waals surface area contributed by atoms with Gasteiger partial charge in [0.05, 0.1) is 17.6 Å². The van der Waals surface area contributed by atoms with Gasteiger partial charge in [0.1, 0.15) is 0 Å². The number of nitrogens with two attached hydrogens (primary N) is 1. The smallest absolute Gasteiger partial charge is 0.0967 e. The second-order valence-corrected chi connectivity index (χ2v) is 3.19. The standard InChI is InChI=1S/C10H12N4/c1-8-2-4-10(5-3-8)14-7-9(6-11)12-13-14/h2-5,7H,6,11H2,1H3. The quantitative estimate of drug-likeness (QED) is 0.766. The van der Waals surface area contributed by atoms with Crippen LogP contribution in [0.2, 0.25) is 0 Å². The zero-order valence-corrected chi connectivity index (χ0v) is 8.01. The summed E-state index contributed by atoms with van der Waals surface area (Å²) >= 11 is 0. The maximum absolute atomic E-state index is 5.45. The predicted octanol–water partition coefficient (Wildman–Crippen LogP) is 1.03. The van der Waals surface area contributed by atoms with Crippen molar-refractivity contribution in [1.82, 2.24) is 15.0 Å². The Hall–Kier alpha value is -1.68. The van der Waals surface area contributed by atoms with E-state index in [1.807, 2.05) is 30.5 Å². The van der Waals surface area contributed by atoms with Gasteiger partial charge in [0, 0.05) is 6.54 Å². The molecule has 4 heteroatoms. The molecule has 1 heterocycles. The van der Waals surface area contributed by atoms with Crippen molar-refractivity contribution in [2.75, 3.05) is 0 Å². The second-order valence-electron chi connectivity index (χ2n) is 3.19. The summed E-state index contributed by atoms with van der Waals surface area (Å²) < 4.78 is 1.72. The Balaban J connectivity index is 2.34. The molecule has 2 N–H and O–H groups in total. The van der Waals surface area contributed by atoms with E-state index < -0.39 is 0 Å². The Morgan fingerprint density at radius 2 is 2.00 bits per heavy atom. The number of rotatable bonds is 2. The van der Waals surface area contributed by atoms with Gasteiger partial charge >= 0.3 is 0 Å². The monoisotopic (exact) mass is 188 g/mol. The molecule has 2 rings (SSSR count). The van der Waals surface area contributed by atoms with E-state index in [2.05, 4.69) is 17.2 Å². The van der Waals surface area contributed by atoms with E-state index in [1.165, 1.54) is 5.56 Å². The Bertz CT molecular complexity index is 416. The minimum atomic E-state index is 0.422. The normalized spacial score (nSPS) is 10.4. The van der Waals surface area contributed by atoms with Crippen molar-refractivity contribution in [2.45, 2.75) is 13.5 Å². The van der Waals surface area contributed by atoms with Crippen LogP contribution in [-0.2, 0) is 6.54 Å². The fourth-order valence-corrected chi connectivity index (χ4v) is 1.22. The van der Waals surface area contributed by atoms with Crippen LogP contribution in [0.3, 0.4) is 0 Å². The van der Waals surface area contributed by atoms with Crippen molar-refractivity contribution in [3.05, 3.63) is 41.7 Å². The third-order valence-corrected chi connectivity index (χ3v) is 2.05. The van der Waals surface area contributed by atoms with Crippen LogP contribution in [0, 0.1) is 6.92 Å². The molecule has 0 aliphatic heterocycles. The number of aryl methyl sites for hydroxylation is 1. The SMILES string of the molecule is Cc1ccc(-n2cc(CN)nn2)cc1. The predicted molar refractivity (Wildman–Crippen MR) is 54.0 cm³/mol. The molecule has 0 aliphatic carbocycles. The van der Waals surface area contributed by atoms with Crippen LogP contribution in [0.4, 0.5) is 0 Å². The third kappa shape index (κ3) is 1.65. The lowest BCUT2D eigenvalue weighted by Crippen LogP contribution is -1.95. The molecule has 0 atom stereocenters. The van der Waals surface area contributed by atoms with Crippen molar-refractivity contribution in [3.8, 4) is 5.69 Å². The van der Waals surface area contributed by atoms with Crippen molar-refractivity contribution < 1.29 is 0 Å². The molecule has 0 radical (unpaired) electrons. The van der Waals surface area contributed by atoms with E-state index in [0.29, 0.717) is 6.54 Å². The zero-order chi connectivity index (χ0) is 9.97. The first-order valence-corrected chi connectivity index (χ1v) is 4.48. The van der Waals surface area contributed by atoms with E-state index in [0.717, 1.165) is 11.4 Å². The van der Waals surface area contributed by atoms with Crippen molar-refractivity contribution in [1.29, 1.82) is 0 Å². The number of nitrogens with zero attached hydrogens (tertiary/aromatic N) is 3. The van der Waals surface area contributed by atoms with Gasteiger partial charge < -0.3 is 5.73 Å². The molecule has 0 aliphatic rings. The van der Waals surface area contributed by atoms with Gasteiger partial charge in [-0.1, -0.05) is 22.9 Å². The summed E-state index contributed by atoms with van der Waals surface area (Å²) in [6.07, 6.45) is 1.84. The lowest BCUT2D eigenvalue weighted by Gasteiger charge is -1.99. The van der Waals surface area contributed by atoms with Crippen LogP contribution in [0.25, 0.3) is 5.69 Å². The topological polar surface area (TPSA) is 56.7 Å². The van der Waals surface area contributed by atoms with E-state index in [4.69, 9.17) is 5.73 Å². The van der Waals surface area contributed by atoms with Crippen molar-refractivity contribution in [3.63, 3.8) is 0 Å². The highest BCUT2D eigenvalue weighted by Gasteiger charge is 1.99.